The second kappa shape index (κ2) is 6.56. The molecule has 4 heteroatoms. The van der Waals surface area contributed by atoms with Crippen LogP contribution in [0.3, 0.4) is 0 Å². The summed E-state index contributed by atoms with van der Waals surface area (Å²) in [4.78, 5) is 4.91. The van der Waals surface area contributed by atoms with Gasteiger partial charge in [0.15, 0.2) is 0 Å². The number of hydrogen-bond donors (Lipinski definition) is 1. The number of nitrogen functional groups attached to an aromatic ring is 1. The Kier molecular flexibility index (Phi) is 3.82. The van der Waals surface area contributed by atoms with Gasteiger partial charge in [-0.1, -0.05) is 42.5 Å². The van der Waals surface area contributed by atoms with E-state index in [0.29, 0.717) is 5.88 Å². The number of aryl methyl sites for hydroxylation is 1. The van der Waals surface area contributed by atoms with Gasteiger partial charge in [0.2, 0.25) is 5.88 Å². The number of aromatic nitrogens is 1. The van der Waals surface area contributed by atoms with Crippen LogP contribution in [0.4, 0.5) is 10.1 Å². The first-order valence-corrected chi connectivity index (χ1v) is 10.5. The van der Waals surface area contributed by atoms with E-state index in [-0.39, 0.29) is 11.7 Å². The lowest BCUT2D eigenvalue weighted by atomic mass is 9.79. The minimum absolute atomic E-state index is 0.157. The Morgan fingerprint density at radius 3 is 2.57 bits per heavy atom. The Hall–Kier alpha value is -3.40. The van der Waals surface area contributed by atoms with Gasteiger partial charge in [-0.2, -0.15) is 0 Å². The van der Waals surface area contributed by atoms with Crippen LogP contribution in [-0.2, 0) is 12.8 Å². The maximum atomic E-state index is 13.7. The van der Waals surface area contributed by atoms with Crippen LogP contribution in [0.1, 0.15) is 46.7 Å². The molecular weight excluding hydrogens is 375 g/mol. The molecule has 0 amide bonds. The fraction of sp³-hybridized carbons (Fsp3) is 0.192. The molecule has 1 aliphatic carbocycles. The highest BCUT2D eigenvalue weighted by molar-refractivity contribution is 5.91. The van der Waals surface area contributed by atoms with E-state index in [1.807, 2.05) is 30.3 Å². The molecule has 0 fully saturated rings. The van der Waals surface area contributed by atoms with Crippen LogP contribution in [-0.4, -0.2) is 4.98 Å². The van der Waals surface area contributed by atoms with E-state index in [2.05, 4.69) is 18.2 Å². The second-order valence-electron chi connectivity index (χ2n) is 8.16. The van der Waals surface area contributed by atoms with Crippen molar-refractivity contribution in [3.05, 3.63) is 94.4 Å². The minimum atomic E-state index is -0.249. The Morgan fingerprint density at radius 2 is 1.70 bits per heavy atom. The van der Waals surface area contributed by atoms with Crippen LogP contribution >= 0.6 is 0 Å². The first-order valence-electron chi connectivity index (χ1n) is 10.5. The van der Waals surface area contributed by atoms with Gasteiger partial charge >= 0.3 is 0 Å². The molecule has 2 heterocycles. The van der Waals surface area contributed by atoms with Crippen molar-refractivity contribution in [1.29, 1.82) is 0 Å². The molecule has 0 saturated carbocycles. The van der Waals surface area contributed by atoms with Crippen LogP contribution in [0.15, 0.2) is 60.7 Å². The van der Waals surface area contributed by atoms with Crippen LogP contribution in [0.25, 0.3) is 10.8 Å². The molecule has 6 rings (SSSR count). The molecule has 1 unspecified atom stereocenters. The second-order valence-corrected chi connectivity index (χ2v) is 8.16. The summed E-state index contributed by atoms with van der Waals surface area (Å²) in [7, 11) is 0. The average molecular weight is 396 g/mol. The Morgan fingerprint density at radius 1 is 0.900 bits per heavy atom. The maximum absolute atomic E-state index is 13.7. The van der Waals surface area contributed by atoms with Gasteiger partial charge in [0.05, 0.1) is 0 Å². The van der Waals surface area contributed by atoms with Gasteiger partial charge < -0.3 is 10.5 Å². The summed E-state index contributed by atoms with van der Waals surface area (Å²) in [6, 6.07) is 19.1. The van der Waals surface area contributed by atoms with Crippen LogP contribution in [0.2, 0.25) is 0 Å². The molecule has 148 valence electrons. The summed E-state index contributed by atoms with van der Waals surface area (Å²) in [5.74, 6) is 0.972. The molecular formula is C26H21FN2O. The highest BCUT2D eigenvalue weighted by Gasteiger charge is 2.35. The maximum Gasteiger partial charge on any atom is 0.225 e. The molecule has 3 aromatic carbocycles. The van der Waals surface area contributed by atoms with Crippen molar-refractivity contribution in [3.8, 4) is 11.6 Å². The number of anilines is 1. The number of hydrogen-bond acceptors (Lipinski definition) is 3. The standard InChI is InChI=1S/C26H21FN2O/c27-17-12-9-16(10-13-17)22-23-18-6-2-1-5-15(18)11-14-21(23)30-26-24(22)25(28)19-7-3-4-8-20(19)29-26/h1-2,5-6,9-14,22H,3-4,7-8H2,(H2,28,29). The van der Waals surface area contributed by atoms with Crippen molar-refractivity contribution in [1.82, 2.24) is 4.98 Å². The van der Waals surface area contributed by atoms with Crippen LogP contribution < -0.4 is 10.5 Å². The van der Waals surface area contributed by atoms with Gasteiger partial charge in [-0.15, -0.1) is 0 Å². The van der Waals surface area contributed by atoms with E-state index in [0.717, 1.165) is 75.8 Å². The molecule has 1 aromatic heterocycles. The molecule has 4 aromatic rings. The largest absolute Gasteiger partial charge is 0.438 e. The summed E-state index contributed by atoms with van der Waals surface area (Å²) >= 11 is 0. The van der Waals surface area contributed by atoms with Gasteiger partial charge in [0, 0.05) is 28.4 Å². The minimum Gasteiger partial charge on any atom is -0.438 e. The zero-order valence-corrected chi connectivity index (χ0v) is 16.5. The van der Waals surface area contributed by atoms with E-state index < -0.39 is 0 Å². The summed E-state index contributed by atoms with van der Waals surface area (Å²) in [5, 5.41) is 2.26. The lowest BCUT2D eigenvalue weighted by Crippen LogP contribution is -2.19. The van der Waals surface area contributed by atoms with Crippen molar-refractivity contribution in [2.45, 2.75) is 31.6 Å². The Bertz CT molecular complexity index is 1300. The lowest BCUT2D eigenvalue weighted by Gasteiger charge is -2.32. The number of nitrogens with two attached hydrogens (primary N) is 1. The quantitative estimate of drug-likeness (QED) is 0.371. The molecule has 1 atom stereocenters. The van der Waals surface area contributed by atoms with Gasteiger partial charge in [-0.05, 0) is 65.8 Å². The summed E-state index contributed by atoms with van der Waals surface area (Å²) < 4.78 is 20.1. The molecule has 0 radical (unpaired) electrons. The number of fused-ring (bicyclic) bond motifs is 5. The number of pyridine rings is 1. The fourth-order valence-corrected chi connectivity index (χ4v) is 5.02. The third-order valence-electron chi connectivity index (χ3n) is 6.44. The summed E-state index contributed by atoms with van der Waals surface area (Å²) in [6.45, 7) is 0. The first kappa shape index (κ1) is 17.5. The Balaban J connectivity index is 1.69. The topological polar surface area (TPSA) is 48.1 Å². The number of ether oxygens (including phenoxy) is 1. The van der Waals surface area contributed by atoms with Crippen molar-refractivity contribution in [3.63, 3.8) is 0 Å². The molecule has 2 N–H and O–H groups in total. The molecule has 0 spiro atoms. The summed E-state index contributed by atoms with van der Waals surface area (Å²) in [6.07, 6.45) is 4.13. The van der Waals surface area contributed by atoms with Crippen molar-refractivity contribution in [2.24, 2.45) is 0 Å². The van der Waals surface area contributed by atoms with E-state index in [4.69, 9.17) is 15.5 Å². The normalized spacial score (nSPS) is 17.0. The third-order valence-corrected chi connectivity index (χ3v) is 6.44. The fourth-order valence-electron chi connectivity index (χ4n) is 5.02. The predicted octanol–water partition coefficient (Wildman–Crippen LogP) is 6.12. The highest BCUT2D eigenvalue weighted by Crippen LogP contribution is 2.52. The van der Waals surface area contributed by atoms with Gasteiger partial charge in [0.25, 0.3) is 0 Å². The predicted molar refractivity (Wildman–Crippen MR) is 117 cm³/mol. The summed E-state index contributed by atoms with van der Waals surface area (Å²) in [5.41, 5.74) is 12.7. The van der Waals surface area contributed by atoms with Gasteiger partial charge in [-0.3, -0.25) is 0 Å². The molecule has 3 nitrogen and oxygen atoms in total. The molecule has 1 aliphatic heterocycles. The van der Waals surface area contributed by atoms with E-state index in [9.17, 15) is 4.39 Å². The third kappa shape index (κ3) is 2.53. The zero-order chi connectivity index (χ0) is 20.2. The van der Waals surface area contributed by atoms with Crippen LogP contribution in [0, 0.1) is 5.82 Å². The first-order chi connectivity index (χ1) is 14.7. The smallest absolute Gasteiger partial charge is 0.225 e. The molecule has 30 heavy (non-hydrogen) atoms. The monoisotopic (exact) mass is 396 g/mol. The lowest BCUT2D eigenvalue weighted by molar-refractivity contribution is 0.431. The Labute approximate surface area is 174 Å². The number of benzene rings is 3. The van der Waals surface area contributed by atoms with E-state index >= 15 is 0 Å². The average Bonchev–Trinajstić information content (AvgIpc) is 2.78. The highest BCUT2D eigenvalue weighted by atomic mass is 19.1. The molecule has 0 saturated heterocycles. The van der Waals surface area contributed by atoms with Crippen molar-refractivity contribution < 1.29 is 9.13 Å². The number of rotatable bonds is 1. The number of halogens is 1. The van der Waals surface area contributed by atoms with Crippen LogP contribution in [0.5, 0.6) is 11.6 Å². The van der Waals surface area contributed by atoms with Crippen molar-refractivity contribution >= 4 is 16.5 Å². The molecule has 0 bridgehead atoms. The van der Waals surface area contributed by atoms with E-state index in [1.165, 1.54) is 12.1 Å². The van der Waals surface area contributed by atoms with Gasteiger partial charge in [-0.25, -0.2) is 9.37 Å². The van der Waals surface area contributed by atoms with E-state index in [1.54, 1.807) is 0 Å². The molecule has 2 aliphatic rings. The van der Waals surface area contributed by atoms with Crippen molar-refractivity contribution in [2.75, 3.05) is 5.73 Å². The van der Waals surface area contributed by atoms with Gasteiger partial charge in [0.1, 0.15) is 11.6 Å². The zero-order valence-electron chi connectivity index (χ0n) is 16.5. The number of nitrogens with zero attached hydrogens (tertiary/aromatic N) is 1. The SMILES string of the molecule is Nc1c2c(nc3c1C(c1ccc(F)cc1)c1c(ccc4ccccc14)O3)CCCC2.